The molecule has 1 saturated heterocycles. The summed E-state index contributed by atoms with van der Waals surface area (Å²) in [6, 6.07) is 14.5. The average Bonchev–Trinajstić information content (AvgIpc) is 3.71. The van der Waals surface area contributed by atoms with Crippen molar-refractivity contribution >= 4 is 23.6 Å². The lowest BCUT2D eigenvalue weighted by Gasteiger charge is -2.26. The highest BCUT2D eigenvalue weighted by atomic mass is 16.6. The minimum absolute atomic E-state index is 0.114. The summed E-state index contributed by atoms with van der Waals surface area (Å²) >= 11 is 0. The molecule has 202 valence electrons. The smallest absolute Gasteiger partial charge is 0.410 e. The number of hydrogen-bond donors (Lipinski definition) is 2. The van der Waals surface area contributed by atoms with Crippen LogP contribution in [0, 0.1) is 0 Å². The van der Waals surface area contributed by atoms with Crippen molar-refractivity contribution in [3.63, 3.8) is 0 Å². The van der Waals surface area contributed by atoms with Gasteiger partial charge in [-0.1, -0.05) is 42.5 Å². The number of amides is 3. The van der Waals surface area contributed by atoms with Crippen LogP contribution >= 0.6 is 0 Å². The van der Waals surface area contributed by atoms with Gasteiger partial charge in [0.1, 0.15) is 30.3 Å². The summed E-state index contributed by atoms with van der Waals surface area (Å²) in [4.78, 5) is 49.8. The Morgan fingerprint density at radius 1 is 1.00 bits per heavy atom. The van der Waals surface area contributed by atoms with E-state index in [1.807, 2.05) is 30.3 Å². The topological polar surface area (TPSA) is 123 Å². The molecule has 2 aliphatic rings. The van der Waals surface area contributed by atoms with Crippen LogP contribution in [0.1, 0.15) is 54.6 Å². The van der Waals surface area contributed by atoms with Crippen LogP contribution < -0.4 is 15.4 Å². The Bertz CT molecular complexity index is 1300. The van der Waals surface area contributed by atoms with E-state index in [9.17, 15) is 14.4 Å². The third-order valence-electron chi connectivity index (χ3n) is 6.87. The maximum absolute atomic E-state index is 13.4. The van der Waals surface area contributed by atoms with E-state index >= 15 is 0 Å². The second-order valence-corrected chi connectivity index (χ2v) is 9.70. The van der Waals surface area contributed by atoms with Gasteiger partial charge in [0.05, 0.1) is 25.2 Å². The Hall–Kier alpha value is -4.47. The Morgan fingerprint density at radius 2 is 1.72 bits per heavy atom. The fourth-order valence-corrected chi connectivity index (χ4v) is 4.56. The lowest BCUT2D eigenvalue weighted by Crippen LogP contribution is -2.48. The predicted octanol–water partition coefficient (Wildman–Crippen LogP) is 3.96. The Balaban J connectivity index is 1.28. The van der Waals surface area contributed by atoms with Gasteiger partial charge in [-0.25, -0.2) is 14.8 Å². The first-order valence-electron chi connectivity index (χ1n) is 13.1. The van der Waals surface area contributed by atoms with Gasteiger partial charge in [-0.15, -0.1) is 0 Å². The number of likely N-dealkylation sites (tertiary alicyclic amines) is 1. The minimum Gasteiger partial charge on any atom is -0.497 e. The highest BCUT2D eigenvalue weighted by Gasteiger charge is 2.37. The van der Waals surface area contributed by atoms with Crippen molar-refractivity contribution in [1.82, 2.24) is 20.2 Å². The third-order valence-corrected chi connectivity index (χ3v) is 6.87. The van der Waals surface area contributed by atoms with Crippen molar-refractivity contribution in [2.24, 2.45) is 0 Å². The fourth-order valence-electron chi connectivity index (χ4n) is 4.56. The summed E-state index contributed by atoms with van der Waals surface area (Å²) in [5, 5.41) is 5.66. The van der Waals surface area contributed by atoms with Crippen molar-refractivity contribution in [3.8, 4) is 5.75 Å². The van der Waals surface area contributed by atoms with Crippen molar-refractivity contribution in [2.45, 2.75) is 50.3 Å². The number of hydrogen-bond acceptors (Lipinski definition) is 7. The monoisotopic (exact) mass is 529 g/mol. The van der Waals surface area contributed by atoms with E-state index in [4.69, 9.17) is 9.47 Å². The zero-order valence-electron chi connectivity index (χ0n) is 21.7. The molecular weight excluding hydrogens is 498 g/mol. The van der Waals surface area contributed by atoms with Gasteiger partial charge in [0.25, 0.3) is 5.91 Å². The molecule has 39 heavy (non-hydrogen) atoms. The van der Waals surface area contributed by atoms with E-state index in [0.29, 0.717) is 42.3 Å². The molecule has 2 aromatic carbocycles. The molecule has 10 nitrogen and oxygen atoms in total. The van der Waals surface area contributed by atoms with Gasteiger partial charge in [0.15, 0.2) is 0 Å². The summed E-state index contributed by atoms with van der Waals surface area (Å²) in [6.45, 7) is 0.513. The Morgan fingerprint density at radius 3 is 2.38 bits per heavy atom. The van der Waals surface area contributed by atoms with Crippen LogP contribution in [0.2, 0.25) is 0 Å². The maximum Gasteiger partial charge on any atom is 0.410 e. The normalized spacial score (nSPS) is 17.3. The van der Waals surface area contributed by atoms with Crippen molar-refractivity contribution in [3.05, 3.63) is 83.9 Å². The number of benzene rings is 2. The van der Waals surface area contributed by atoms with E-state index in [1.54, 1.807) is 43.8 Å². The average molecular weight is 530 g/mol. The molecule has 2 atom stereocenters. The number of aromatic nitrogens is 2. The molecule has 1 aliphatic heterocycles. The van der Waals surface area contributed by atoms with Crippen LogP contribution in [-0.4, -0.2) is 52.5 Å². The molecule has 2 fully saturated rings. The van der Waals surface area contributed by atoms with Crippen LogP contribution in [0.25, 0.3) is 0 Å². The summed E-state index contributed by atoms with van der Waals surface area (Å²) in [5.74, 6) is 0.910. The SMILES string of the molecule is COc1ccc([C@H](NC(=O)[C@@H]2CCCN2C(=O)OCc2ccccc2)C(=O)Nc2cnc(C3CC3)nc2)cc1. The summed E-state index contributed by atoms with van der Waals surface area (Å²) in [6.07, 6.45) is 5.88. The van der Waals surface area contributed by atoms with Crippen molar-refractivity contribution in [2.75, 3.05) is 19.0 Å². The number of nitrogens with zero attached hydrogens (tertiary/aromatic N) is 3. The standard InChI is InChI=1S/C29H31N5O5/c1-38-23-13-11-20(12-14-23)25(28(36)32-22-16-30-26(31-17-22)21-9-10-21)33-27(35)24-8-5-15-34(24)29(37)39-18-19-6-3-2-4-7-19/h2-4,6-7,11-14,16-17,21,24-25H,5,8-10,15,18H2,1H3,(H,32,36)(H,33,35)/t24-,25-/m0/s1. The van der Waals surface area contributed by atoms with Gasteiger partial charge in [-0.3, -0.25) is 14.5 Å². The first kappa shape index (κ1) is 26.1. The molecule has 0 spiro atoms. The lowest BCUT2D eigenvalue weighted by atomic mass is 10.0. The summed E-state index contributed by atoms with van der Waals surface area (Å²) in [7, 11) is 1.55. The number of carbonyl (C=O) groups is 3. The first-order chi connectivity index (χ1) is 19.0. The third kappa shape index (κ3) is 6.51. The van der Waals surface area contributed by atoms with Gasteiger partial charge in [-0.2, -0.15) is 0 Å². The van der Waals surface area contributed by atoms with Gasteiger partial charge < -0.3 is 20.1 Å². The molecule has 3 aromatic rings. The second-order valence-electron chi connectivity index (χ2n) is 9.70. The number of methoxy groups -OCH3 is 1. The van der Waals surface area contributed by atoms with Crippen LogP contribution in [0.4, 0.5) is 10.5 Å². The predicted molar refractivity (Wildman–Crippen MR) is 143 cm³/mol. The van der Waals surface area contributed by atoms with Crippen LogP contribution in [0.15, 0.2) is 67.0 Å². The molecule has 2 N–H and O–H groups in total. The molecule has 1 aromatic heterocycles. The highest BCUT2D eigenvalue weighted by Crippen LogP contribution is 2.37. The van der Waals surface area contributed by atoms with E-state index in [0.717, 1.165) is 24.2 Å². The first-order valence-corrected chi connectivity index (χ1v) is 13.1. The molecule has 1 aliphatic carbocycles. The van der Waals surface area contributed by atoms with E-state index in [2.05, 4.69) is 20.6 Å². The number of rotatable bonds is 9. The summed E-state index contributed by atoms with van der Waals surface area (Å²) < 4.78 is 10.7. The molecule has 2 heterocycles. The highest BCUT2D eigenvalue weighted by molar-refractivity contribution is 5.98. The summed E-state index contributed by atoms with van der Waals surface area (Å²) in [5.41, 5.74) is 1.86. The minimum atomic E-state index is -1.02. The van der Waals surface area contributed by atoms with Gasteiger partial charge in [0.2, 0.25) is 5.91 Å². The fraction of sp³-hybridized carbons (Fsp3) is 0.345. The quantitative estimate of drug-likeness (QED) is 0.430. The van der Waals surface area contributed by atoms with Crippen molar-refractivity contribution < 1.29 is 23.9 Å². The van der Waals surface area contributed by atoms with Crippen LogP contribution in [0.3, 0.4) is 0 Å². The number of nitrogens with one attached hydrogen (secondary N) is 2. The molecule has 10 heteroatoms. The molecule has 0 unspecified atom stereocenters. The molecule has 1 saturated carbocycles. The second kappa shape index (κ2) is 11.9. The lowest BCUT2D eigenvalue weighted by molar-refractivity contribution is -0.129. The number of carbonyl (C=O) groups excluding carboxylic acids is 3. The molecule has 0 radical (unpaired) electrons. The zero-order chi connectivity index (χ0) is 27.2. The number of ether oxygens (including phenoxy) is 2. The van der Waals surface area contributed by atoms with E-state index < -0.39 is 30.0 Å². The Labute approximate surface area is 226 Å². The number of anilines is 1. The van der Waals surface area contributed by atoms with E-state index in [1.165, 1.54) is 4.90 Å². The van der Waals surface area contributed by atoms with E-state index in [-0.39, 0.29) is 6.61 Å². The molecule has 0 bridgehead atoms. The molecular formula is C29H31N5O5. The van der Waals surface area contributed by atoms with Crippen LogP contribution in [0.5, 0.6) is 5.75 Å². The maximum atomic E-state index is 13.4. The molecule has 3 amide bonds. The Kier molecular flexibility index (Phi) is 8.00. The van der Waals surface area contributed by atoms with Crippen LogP contribution in [-0.2, 0) is 20.9 Å². The largest absolute Gasteiger partial charge is 0.497 e. The zero-order valence-corrected chi connectivity index (χ0v) is 21.7. The molecule has 5 rings (SSSR count). The van der Waals surface area contributed by atoms with Gasteiger partial charge in [0, 0.05) is 12.5 Å². The van der Waals surface area contributed by atoms with Gasteiger partial charge in [-0.05, 0) is 48.9 Å². The van der Waals surface area contributed by atoms with Gasteiger partial charge >= 0.3 is 6.09 Å². The van der Waals surface area contributed by atoms with Crippen molar-refractivity contribution in [1.29, 1.82) is 0 Å².